The van der Waals surface area contributed by atoms with Crippen molar-refractivity contribution in [3.63, 3.8) is 0 Å². The molecule has 0 radical (unpaired) electrons. The van der Waals surface area contributed by atoms with E-state index in [-0.39, 0.29) is 29.6 Å². The fourth-order valence-corrected chi connectivity index (χ4v) is 7.61. The zero-order chi connectivity index (χ0) is 30.6. The van der Waals surface area contributed by atoms with E-state index in [0.717, 1.165) is 18.4 Å². The second-order valence-corrected chi connectivity index (χ2v) is 13.2. The number of ether oxygens (including phenoxy) is 6. The van der Waals surface area contributed by atoms with Crippen LogP contribution in [0.5, 0.6) is 11.5 Å². The van der Waals surface area contributed by atoms with Gasteiger partial charge in [0.2, 0.25) is 9.84 Å². The van der Waals surface area contributed by atoms with Gasteiger partial charge < -0.3 is 38.8 Å². The molecular weight excluding hydrogens is 580 g/mol. The van der Waals surface area contributed by atoms with Crippen LogP contribution in [0.15, 0.2) is 53.4 Å². The fraction of sp³-hybridized carbons (Fsp3) is 0.567. The van der Waals surface area contributed by atoms with Crippen molar-refractivity contribution >= 4 is 15.9 Å². The van der Waals surface area contributed by atoms with E-state index in [1.807, 2.05) is 6.07 Å². The Labute approximate surface area is 251 Å². The Morgan fingerprint density at radius 3 is 2.49 bits per heavy atom. The standard InChI is InChI=1S/C30H40N2O10S/c1-37-24-13-12-21(17-25(24)38-2)43(35,36)30(31,42-20-10-6-7-11-20)27(33)23(16-19-8-4-3-5-9-19)32-29(34)41-26-18-40-28-22(26)14-15-39-28/h3-5,8-9,12-13,17,20,22-23,26-28,33H,6-7,10-11,14-16,18,31H2,1-2H3,(H,32,34)/t22-,23-,26-,27+,28+,30?/m0/s1. The zero-order valence-electron chi connectivity index (χ0n) is 24.3. The number of fused-ring (bicyclic) bond motifs is 1. The van der Waals surface area contributed by atoms with Crippen LogP contribution in [0, 0.1) is 5.92 Å². The first-order valence-electron chi connectivity index (χ1n) is 14.5. The molecule has 1 amide bonds. The van der Waals surface area contributed by atoms with Gasteiger partial charge in [-0.3, -0.25) is 5.73 Å². The van der Waals surface area contributed by atoms with Crippen molar-refractivity contribution < 1.29 is 46.7 Å². The topological polar surface area (TPSA) is 165 Å². The Morgan fingerprint density at radius 1 is 1.07 bits per heavy atom. The van der Waals surface area contributed by atoms with Crippen molar-refractivity contribution in [2.45, 2.75) is 79.1 Å². The molecule has 13 heteroatoms. The molecule has 3 aliphatic rings. The van der Waals surface area contributed by atoms with Crippen LogP contribution in [0.25, 0.3) is 0 Å². The largest absolute Gasteiger partial charge is 0.493 e. The second kappa shape index (κ2) is 13.4. The SMILES string of the molecule is COc1ccc(S(=O)(=O)C(N)(OC2CCCC2)[C@H](O)[C@H](Cc2ccccc2)NC(=O)O[C@H]2CO[C@H]3OCC[C@H]32)cc1OC. The first-order valence-corrected chi connectivity index (χ1v) is 16.0. The maximum atomic E-state index is 14.3. The van der Waals surface area contributed by atoms with E-state index in [9.17, 15) is 18.3 Å². The number of carbonyl (C=O) groups excluding carboxylic acids is 1. The second-order valence-electron chi connectivity index (χ2n) is 11.1. The number of methoxy groups -OCH3 is 2. The Balaban J connectivity index is 1.47. The number of benzene rings is 2. The zero-order valence-corrected chi connectivity index (χ0v) is 25.2. The van der Waals surface area contributed by atoms with Crippen LogP contribution in [0.2, 0.25) is 0 Å². The number of aliphatic hydroxyl groups is 1. The lowest BCUT2D eigenvalue weighted by Crippen LogP contribution is -2.66. The van der Waals surface area contributed by atoms with Crippen LogP contribution in [-0.2, 0) is 35.2 Å². The van der Waals surface area contributed by atoms with E-state index in [0.29, 0.717) is 31.6 Å². The number of rotatable bonds is 12. The normalized spacial score (nSPS) is 25.0. The van der Waals surface area contributed by atoms with Crippen molar-refractivity contribution in [2.75, 3.05) is 27.4 Å². The lowest BCUT2D eigenvalue weighted by molar-refractivity contribution is -0.110. The molecule has 1 unspecified atom stereocenters. The molecule has 1 aliphatic carbocycles. The molecule has 236 valence electrons. The summed E-state index contributed by atoms with van der Waals surface area (Å²) < 4.78 is 62.1. The maximum Gasteiger partial charge on any atom is 0.407 e. The van der Waals surface area contributed by atoms with E-state index < -0.39 is 51.6 Å². The van der Waals surface area contributed by atoms with Crippen LogP contribution in [-0.4, -0.2) is 82.8 Å². The predicted octanol–water partition coefficient (Wildman–Crippen LogP) is 2.51. The summed E-state index contributed by atoms with van der Waals surface area (Å²) in [6.07, 6.45) is -0.673. The van der Waals surface area contributed by atoms with Gasteiger partial charge in [0, 0.05) is 6.07 Å². The number of sulfone groups is 1. The summed E-state index contributed by atoms with van der Waals surface area (Å²) in [7, 11) is -1.79. The van der Waals surface area contributed by atoms with Gasteiger partial charge in [-0.25, -0.2) is 13.2 Å². The van der Waals surface area contributed by atoms with E-state index >= 15 is 0 Å². The lowest BCUT2D eigenvalue weighted by atomic mass is 10.00. The number of nitrogens with two attached hydrogens (primary N) is 1. The molecule has 12 nitrogen and oxygen atoms in total. The predicted molar refractivity (Wildman–Crippen MR) is 154 cm³/mol. The first kappa shape index (κ1) is 31.5. The van der Waals surface area contributed by atoms with Crippen LogP contribution >= 0.6 is 0 Å². The summed E-state index contributed by atoms with van der Waals surface area (Å²) in [4.78, 5) is 13.0. The summed E-state index contributed by atoms with van der Waals surface area (Å²) in [5.41, 5.74) is 7.43. The fourth-order valence-electron chi connectivity index (χ4n) is 5.99. The summed E-state index contributed by atoms with van der Waals surface area (Å²) in [5.74, 6) is 0.378. The number of alkyl carbamates (subject to hydrolysis) is 1. The van der Waals surface area contributed by atoms with Crippen molar-refractivity contribution in [3.05, 3.63) is 54.1 Å². The van der Waals surface area contributed by atoms with Gasteiger partial charge in [-0.15, -0.1) is 0 Å². The third kappa shape index (κ3) is 6.61. The van der Waals surface area contributed by atoms with Crippen LogP contribution in [0.4, 0.5) is 4.79 Å². The van der Waals surface area contributed by atoms with Gasteiger partial charge >= 0.3 is 6.09 Å². The molecule has 5 rings (SSSR count). The average molecular weight is 621 g/mol. The Bertz CT molecular complexity index is 1350. The van der Waals surface area contributed by atoms with Gasteiger partial charge in [0.1, 0.15) is 12.2 Å². The first-order chi connectivity index (χ1) is 20.7. The Morgan fingerprint density at radius 2 is 1.79 bits per heavy atom. The van der Waals surface area contributed by atoms with Crippen LogP contribution < -0.4 is 20.5 Å². The lowest BCUT2D eigenvalue weighted by Gasteiger charge is -2.39. The molecule has 0 spiro atoms. The third-order valence-corrected chi connectivity index (χ3v) is 10.4. The van der Waals surface area contributed by atoms with Gasteiger partial charge in [0.05, 0.1) is 50.4 Å². The molecule has 2 saturated heterocycles. The van der Waals surface area contributed by atoms with Gasteiger partial charge in [0.25, 0.3) is 5.06 Å². The molecular formula is C30H40N2O10S. The molecule has 0 aromatic heterocycles. The summed E-state index contributed by atoms with van der Waals surface area (Å²) >= 11 is 0. The molecule has 4 N–H and O–H groups in total. The van der Waals surface area contributed by atoms with Gasteiger partial charge in [-0.05, 0) is 43.4 Å². The molecule has 2 heterocycles. The van der Waals surface area contributed by atoms with E-state index in [1.54, 1.807) is 24.3 Å². The average Bonchev–Trinajstić information content (AvgIpc) is 3.77. The number of aliphatic hydroxyl groups excluding tert-OH is 1. The minimum atomic E-state index is -4.61. The highest BCUT2D eigenvalue weighted by molar-refractivity contribution is 7.92. The van der Waals surface area contributed by atoms with Crippen molar-refractivity contribution in [2.24, 2.45) is 11.7 Å². The maximum absolute atomic E-state index is 14.3. The Kier molecular flexibility index (Phi) is 9.79. The number of amides is 1. The summed E-state index contributed by atoms with van der Waals surface area (Å²) in [6.45, 7) is 0.683. The molecule has 3 fully saturated rings. The Hall–Kier alpha value is -2.94. The quantitative estimate of drug-likeness (QED) is 0.299. The molecule has 2 aromatic carbocycles. The highest BCUT2D eigenvalue weighted by Crippen LogP contribution is 2.37. The molecule has 6 atom stereocenters. The summed E-state index contributed by atoms with van der Waals surface area (Å²) in [6, 6.07) is 11.9. The number of nitrogens with one attached hydrogen (secondary N) is 1. The van der Waals surface area contributed by atoms with Gasteiger partial charge in [-0.2, -0.15) is 0 Å². The van der Waals surface area contributed by atoms with Crippen molar-refractivity contribution in [1.82, 2.24) is 5.32 Å². The minimum absolute atomic E-state index is 0.0435. The van der Waals surface area contributed by atoms with Gasteiger partial charge in [-0.1, -0.05) is 43.2 Å². The highest BCUT2D eigenvalue weighted by Gasteiger charge is 2.54. The smallest absolute Gasteiger partial charge is 0.407 e. The highest BCUT2D eigenvalue weighted by atomic mass is 32.2. The molecule has 0 bridgehead atoms. The number of hydrogen-bond acceptors (Lipinski definition) is 11. The van der Waals surface area contributed by atoms with Crippen LogP contribution in [0.1, 0.15) is 37.7 Å². The monoisotopic (exact) mass is 620 g/mol. The summed E-state index contributed by atoms with van der Waals surface area (Å²) in [5, 5.41) is 12.0. The van der Waals surface area contributed by atoms with E-state index in [1.165, 1.54) is 32.4 Å². The van der Waals surface area contributed by atoms with Crippen LogP contribution in [0.3, 0.4) is 0 Å². The van der Waals surface area contributed by atoms with Crippen molar-refractivity contribution in [1.29, 1.82) is 0 Å². The van der Waals surface area contributed by atoms with E-state index in [4.69, 9.17) is 34.2 Å². The number of hydrogen-bond donors (Lipinski definition) is 3. The van der Waals surface area contributed by atoms with E-state index in [2.05, 4.69) is 5.32 Å². The minimum Gasteiger partial charge on any atom is -0.493 e. The number of carbonyl (C=O) groups is 1. The molecule has 2 aliphatic heterocycles. The van der Waals surface area contributed by atoms with Gasteiger partial charge in [0.15, 0.2) is 17.8 Å². The molecule has 43 heavy (non-hydrogen) atoms. The van der Waals surface area contributed by atoms with Crippen molar-refractivity contribution in [3.8, 4) is 11.5 Å². The molecule has 1 saturated carbocycles. The molecule has 2 aromatic rings. The third-order valence-electron chi connectivity index (χ3n) is 8.38.